The van der Waals surface area contributed by atoms with E-state index in [-0.39, 0.29) is 0 Å². The molecular weight excluding hydrogens is 286 g/mol. The number of aromatic nitrogens is 1. The van der Waals surface area contributed by atoms with Crippen molar-refractivity contribution in [2.75, 3.05) is 18.0 Å². The third kappa shape index (κ3) is 3.05. The second-order valence-electron chi connectivity index (χ2n) is 5.20. The molecule has 6 heteroatoms. The highest BCUT2D eigenvalue weighted by Crippen LogP contribution is 2.25. The van der Waals surface area contributed by atoms with Crippen LogP contribution in [0.15, 0.2) is 36.5 Å². The number of hydrogen-bond acceptors (Lipinski definition) is 4. The summed E-state index contributed by atoms with van der Waals surface area (Å²) in [4.78, 5) is 6.58. The predicted octanol–water partition coefficient (Wildman–Crippen LogP) is 1.02. The van der Waals surface area contributed by atoms with E-state index < -0.39 is 7.12 Å². The highest BCUT2D eigenvalue weighted by atomic mass is 35.5. The molecule has 0 spiro atoms. The molecule has 0 atom stereocenters. The number of benzene rings is 1. The van der Waals surface area contributed by atoms with Crippen molar-refractivity contribution >= 4 is 30.0 Å². The minimum atomic E-state index is -1.46. The van der Waals surface area contributed by atoms with E-state index >= 15 is 0 Å². The standard InChI is InChI=1S/C15H16BClN2O2/c17-14-4-2-1-3-11(14)5-7-19-8-6-12-9-13(16(20)21)10-18-15(12)19/h1-4,9-10,20-21H,5-8H2. The SMILES string of the molecule is OB(O)c1cnc2c(c1)CCN2CCc1ccccc1Cl. The molecule has 2 heterocycles. The number of hydrogen-bond donors (Lipinski definition) is 2. The maximum absolute atomic E-state index is 9.19. The van der Waals surface area contributed by atoms with E-state index in [1.165, 1.54) is 6.20 Å². The lowest BCUT2D eigenvalue weighted by Crippen LogP contribution is -2.31. The Kier molecular flexibility index (Phi) is 4.15. The Balaban J connectivity index is 1.72. The van der Waals surface area contributed by atoms with Crippen LogP contribution < -0.4 is 10.4 Å². The molecule has 1 aromatic heterocycles. The van der Waals surface area contributed by atoms with Crippen LogP contribution in [-0.4, -0.2) is 35.2 Å². The Morgan fingerprint density at radius 1 is 1.29 bits per heavy atom. The number of fused-ring (bicyclic) bond motifs is 1. The molecule has 1 aliphatic heterocycles. The van der Waals surface area contributed by atoms with Gasteiger partial charge in [-0.25, -0.2) is 4.98 Å². The van der Waals surface area contributed by atoms with Crippen LogP contribution in [0, 0.1) is 0 Å². The highest BCUT2D eigenvalue weighted by molar-refractivity contribution is 6.58. The number of nitrogens with zero attached hydrogens (tertiary/aromatic N) is 2. The summed E-state index contributed by atoms with van der Waals surface area (Å²) in [5.74, 6) is 0.937. The molecule has 1 aliphatic rings. The molecule has 2 aromatic rings. The summed E-state index contributed by atoms with van der Waals surface area (Å²) in [6.45, 7) is 1.75. The van der Waals surface area contributed by atoms with Gasteiger partial charge in [0.1, 0.15) is 5.82 Å². The van der Waals surface area contributed by atoms with Gasteiger partial charge in [-0.1, -0.05) is 35.9 Å². The number of anilines is 1. The summed E-state index contributed by atoms with van der Waals surface area (Å²) in [6.07, 6.45) is 3.27. The normalized spacial score (nSPS) is 13.4. The van der Waals surface area contributed by atoms with Crippen LogP contribution in [0.1, 0.15) is 11.1 Å². The molecule has 0 unspecified atom stereocenters. The number of rotatable bonds is 4. The zero-order valence-electron chi connectivity index (χ0n) is 11.5. The van der Waals surface area contributed by atoms with Crippen LogP contribution in [0.5, 0.6) is 0 Å². The van der Waals surface area contributed by atoms with E-state index in [4.69, 9.17) is 11.6 Å². The summed E-state index contributed by atoms with van der Waals surface area (Å²) in [5.41, 5.74) is 2.65. The quantitative estimate of drug-likeness (QED) is 0.828. The zero-order valence-corrected chi connectivity index (χ0v) is 12.3. The average Bonchev–Trinajstić information content (AvgIpc) is 2.88. The van der Waals surface area contributed by atoms with Gasteiger partial charge in [-0.2, -0.15) is 0 Å². The fourth-order valence-corrected chi connectivity index (χ4v) is 2.90. The lowest BCUT2D eigenvalue weighted by molar-refractivity contribution is 0.425. The molecule has 0 fully saturated rings. The van der Waals surface area contributed by atoms with Crippen LogP contribution in [-0.2, 0) is 12.8 Å². The molecule has 0 bridgehead atoms. The molecule has 0 saturated carbocycles. The number of halogens is 1. The van der Waals surface area contributed by atoms with Gasteiger partial charge in [-0.3, -0.25) is 0 Å². The topological polar surface area (TPSA) is 56.6 Å². The molecule has 1 aromatic carbocycles. The third-order valence-corrected chi connectivity index (χ3v) is 4.19. The van der Waals surface area contributed by atoms with Crippen molar-refractivity contribution in [2.24, 2.45) is 0 Å². The minimum Gasteiger partial charge on any atom is -0.423 e. The van der Waals surface area contributed by atoms with Crippen molar-refractivity contribution in [3.8, 4) is 0 Å². The van der Waals surface area contributed by atoms with Gasteiger partial charge < -0.3 is 14.9 Å². The maximum Gasteiger partial charge on any atom is 0.490 e. The van der Waals surface area contributed by atoms with Crippen molar-refractivity contribution in [3.63, 3.8) is 0 Å². The van der Waals surface area contributed by atoms with Crippen LogP contribution in [0.3, 0.4) is 0 Å². The summed E-state index contributed by atoms with van der Waals surface area (Å²) >= 11 is 6.18. The maximum atomic E-state index is 9.19. The van der Waals surface area contributed by atoms with Gasteiger partial charge in [0.2, 0.25) is 0 Å². The number of pyridine rings is 1. The van der Waals surface area contributed by atoms with E-state index in [1.807, 2.05) is 30.3 Å². The zero-order chi connectivity index (χ0) is 14.8. The fourth-order valence-electron chi connectivity index (χ4n) is 2.67. The molecule has 0 radical (unpaired) electrons. The van der Waals surface area contributed by atoms with E-state index in [0.717, 1.165) is 47.9 Å². The summed E-state index contributed by atoms with van der Waals surface area (Å²) in [7, 11) is -1.46. The second-order valence-corrected chi connectivity index (χ2v) is 5.61. The largest absolute Gasteiger partial charge is 0.490 e. The Morgan fingerprint density at radius 2 is 2.10 bits per heavy atom. The predicted molar refractivity (Wildman–Crippen MR) is 85.1 cm³/mol. The summed E-state index contributed by atoms with van der Waals surface area (Å²) in [6, 6.07) is 9.69. The third-order valence-electron chi connectivity index (χ3n) is 3.82. The first-order valence-corrected chi connectivity index (χ1v) is 7.36. The Labute approximate surface area is 129 Å². The molecule has 108 valence electrons. The molecule has 0 aliphatic carbocycles. The first-order valence-electron chi connectivity index (χ1n) is 6.98. The molecule has 0 amide bonds. The van der Waals surface area contributed by atoms with E-state index in [2.05, 4.69) is 9.88 Å². The van der Waals surface area contributed by atoms with Crippen LogP contribution in [0.2, 0.25) is 5.02 Å². The minimum absolute atomic E-state index is 0.446. The first kappa shape index (κ1) is 14.4. The Hall–Kier alpha value is -1.56. The second kappa shape index (κ2) is 6.06. The summed E-state index contributed by atoms with van der Waals surface area (Å²) < 4.78 is 0. The molecular formula is C15H16BClN2O2. The van der Waals surface area contributed by atoms with E-state index in [1.54, 1.807) is 0 Å². The lowest BCUT2D eigenvalue weighted by atomic mass is 9.81. The monoisotopic (exact) mass is 302 g/mol. The van der Waals surface area contributed by atoms with Crippen molar-refractivity contribution < 1.29 is 10.0 Å². The van der Waals surface area contributed by atoms with Crippen molar-refractivity contribution in [2.45, 2.75) is 12.8 Å². The van der Waals surface area contributed by atoms with Crippen LogP contribution >= 0.6 is 11.6 Å². The first-order chi connectivity index (χ1) is 10.1. The van der Waals surface area contributed by atoms with Crippen molar-refractivity contribution in [1.82, 2.24) is 4.98 Å². The molecule has 21 heavy (non-hydrogen) atoms. The highest BCUT2D eigenvalue weighted by Gasteiger charge is 2.23. The van der Waals surface area contributed by atoms with E-state index in [0.29, 0.717) is 5.46 Å². The van der Waals surface area contributed by atoms with E-state index in [9.17, 15) is 10.0 Å². The molecule has 3 rings (SSSR count). The van der Waals surface area contributed by atoms with Gasteiger partial charge in [0.05, 0.1) is 0 Å². The van der Waals surface area contributed by atoms with Crippen LogP contribution in [0.4, 0.5) is 5.82 Å². The smallest absolute Gasteiger partial charge is 0.423 e. The summed E-state index contributed by atoms with van der Waals surface area (Å²) in [5, 5.41) is 19.2. The Morgan fingerprint density at radius 3 is 2.86 bits per heavy atom. The van der Waals surface area contributed by atoms with Crippen LogP contribution in [0.25, 0.3) is 0 Å². The van der Waals surface area contributed by atoms with Gasteiger partial charge in [0.25, 0.3) is 0 Å². The van der Waals surface area contributed by atoms with Gasteiger partial charge >= 0.3 is 7.12 Å². The average molecular weight is 303 g/mol. The van der Waals surface area contributed by atoms with Gasteiger partial charge in [0, 0.05) is 29.8 Å². The molecule has 4 nitrogen and oxygen atoms in total. The van der Waals surface area contributed by atoms with Crippen molar-refractivity contribution in [1.29, 1.82) is 0 Å². The molecule has 0 saturated heterocycles. The van der Waals surface area contributed by atoms with Gasteiger partial charge in [0.15, 0.2) is 0 Å². The van der Waals surface area contributed by atoms with Crippen molar-refractivity contribution in [3.05, 3.63) is 52.7 Å². The van der Waals surface area contributed by atoms with Gasteiger partial charge in [-0.05, 0) is 30.0 Å². The van der Waals surface area contributed by atoms with Gasteiger partial charge in [-0.15, -0.1) is 0 Å². The fraction of sp³-hybridized carbons (Fsp3) is 0.267. The lowest BCUT2D eigenvalue weighted by Gasteiger charge is -2.18. The molecule has 2 N–H and O–H groups in total. The Bertz CT molecular complexity index is 651.